The number of nitrogen functional groups attached to an aromatic ring is 1. The van der Waals surface area contributed by atoms with Gasteiger partial charge in [0, 0.05) is 16.6 Å². The van der Waals surface area contributed by atoms with Gasteiger partial charge in [0.05, 0.1) is 11.3 Å². The number of benzene rings is 1. The summed E-state index contributed by atoms with van der Waals surface area (Å²) >= 11 is 1.30. The highest BCUT2D eigenvalue weighted by Crippen LogP contribution is 2.23. The molecule has 0 bridgehead atoms. The van der Waals surface area contributed by atoms with Crippen LogP contribution in [-0.2, 0) is 0 Å². The third-order valence-electron chi connectivity index (χ3n) is 2.59. The molecule has 0 spiro atoms. The number of carbonyl (C=O) groups excluding carboxylic acids is 1. The zero-order valence-electron chi connectivity index (χ0n) is 10.3. The van der Waals surface area contributed by atoms with E-state index in [1.807, 2.05) is 13.8 Å². The van der Waals surface area contributed by atoms with Crippen LogP contribution in [0.15, 0.2) is 12.1 Å². The third kappa shape index (κ3) is 2.70. The van der Waals surface area contributed by atoms with Crippen molar-refractivity contribution in [3.05, 3.63) is 39.9 Å². The van der Waals surface area contributed by atoms with E-state index in [9.17, 15) is 13.6 Å². The van der Waals surface area contributed by atoms with Crippen LogP contribution >= 0.6 is 11.3 Å². The predicted octanol–water partition coefficient (Wildman–Crippen LogP) is 2.87. The molecule has 19 heavy (non-hydrogen) atoms. The Bertz CT molecular complexity index is 635. The summed E-state index contributed by atoms with van der Waals surface area (Å²) in [7, 11) is 0. The molecule has 100 valence electrons. The first-order valence-corrected chi connectivity index (χ1v) is 6.20. The van der Waals surface area contributed by atoms with Gasteiger partial charge in [0.25, 0.3) is 5.91 Å². The number of nitrogens with two attached hydrogens (primary N) is 1. The lowest BCUT2D eigenvalue weighted by molar-refractivity contribution is 0.102. The smallest absolute Gasteiger partial charge is 0.259 e. The zero-order valence-corrected chi connectivity index (χ0v) is 11.1. The van der Waals surface area contributed by atoms with E-state index in [1.54, 1.807) is 0 Å². The Balaban J connectivity index is 2.27. The van der Waals surface area contributed by atoms with Crippen molar-refractivity contribution in [3.63, 3.8) is 0 Å². The molecule has 2 aromatic rings. The van der Waals surface area contributed by atoms with Crippen molar-refractivity contribution in [1.29, 1.82) is 0 Å². The number of hydrogen-bond donors (Lipinski definition) is 2. The maximum Gasteiger partial charge on any atom is 0.259 e. The number of thiazole rings is 1. The molecule has 0 unspecified atom stereocenters. The number of halogens is 2. The van der Waals surface area contributed by atoms with Gasteiger partial charge in [0.15, 0.2) is 16.8 Å². The molecule has 1 heterocycles. The maximum absolute atomic E-state index is 13.1. The second kappa shape index (κ2) is 4.93. The highest BCUT2D eigenvalue weighted by Gasteiger charge is 2.16. The van der Waals surface area contributed by atoms with Crippen LogP contribution in [0.4, 0.5) is 19.6 Å². The van der Waals surface area contributed by atoms with Gasteiger partial charge in [-0.1, -0.05) is 0 Å². The van der Waals surface area contributed by atoms with Gasteiger partial charge in [0.2, 0.25) is 0 Å². The number of aromatic nitrogens is 1. The molecule has 0 saturated heterocycles. The topological polar surface area (TPSA) is 68.0 Å². The number of nitrogens with one attached hydrogen (secondary N) is 1. The van der Waals surface area contributed by atoms with Crippen molar-refractivity contribution in [2.45, 2.75) is 13.8 Å². The molecule has 1 aromatic heterocycles. The molecule has 7 heteroatoms. The van der Waals surface area contributed by atoms with Crippen LogP contribution in [-0.4, -0.2) is 10.9 Å². The second-order valence-corrected chi connectivity index (χ2v) is 5.17. The molecule has 2 rings (SSSR count). The number of hydrogen-bond acceptors (Lipinski definition) is 4. The Hall–Kier alpha value is -2.02. The van der Waals surface area contributed by atoms with Gasteiger partial charge in [-0.3, -0.25) is 10.1 Å². The molecule has 3 N–H and O–H groups in total. The number of nitrogens with zero attached hydrogens (tertiary/aromatic N) is 1. The van der Waals surface area contributed by atoms with Crippen LogP contribution in [0, 0.1) is 25.5 Å². The van der Waals surface area contributed by atoms with Gasteiger partial charge in [-0.05, 0) is 19.9 Å². The Morgan fingerprint density at radius 3 is 2.53 bits per heavy atom. The van der Waals surface area contributed by atoms with Crippen molar-refractivity contribution < 1.29 is 13.6 Å². The molecule has 0 aliphatic rings. The van der Waals surface area contributed by atoms with E-state index in [-0.39, 0.29) is 11.3 Å². The Labute approximate surface area is 112 Å². The SMILES string of the molecule is Cc1nc(NC(=O)c2cc(F)c(F)cc2N)sc1C. The van der Waals surface area contributed by atoms with Crippen LogP contribution in [0.5, 0.6) is 0 Å². The summed E-state index contributed by atoms with van der Waals surface area (Å²) in [6.45, 7) is 3.68. The molecular formula is C12H11F2N3OS. The van der Waals surface area contributed by atoms with E-state index in [4.69, 9.17) is 5.73 Å². The summed E-state index contributed by atoms with van der Waals surface area (Å²) in [5.74, 6) is -2.83. The summed E-state index contributed by atoms with van der Waals surface area (Å²) in [4.78, 5) is 17.0. The summed E-state index contributed by atoms with van der Waals surface area (Å²) in [5, 5.41) is 2.90. The van der Waals surface area contributed by atoms with Gasteiger partial charge in [0.1, 0.15) is 0 Å². The summed E-state index contributed by atoms with van der Waals surface area (Å²) in [5.41, 5.74) is 6.06. The van der Waals surface area contributed by atoms with Gasteiger partial charge in [-0.25, -0.2) is 13.8 Å². The number of rotatable bonds is 2. The van der Waals surface area contributed by atoms with Gasteiger partial charge in [-0.2, -0.15) is 0 Å². The zero-order chi connectivity index (χ0) is 14.2. The molecular weight excluding hydrogens is 272 g/mol. The van der Waals surface area contributed by atoms with Crippen LogP contribution in [0.3, 0.4) is 0 Å². The van der Waals surface area contributed by atoms with Crippen LogP contribution in [0.25, 0.3) is 0 Å². The summed E-state index contributed by atoms with van der Waals surface area (Å²) in [6, 6.07) is 1.55. The van der Waals surface area contributed by atoms with E-state index < -0.39 is 17.5 Å². The monoisotopic (exact) mass is 283 g/mol. The number of carbonyl (C=O) groups is 1. The molecule has 0 saturated carbocycles. The fraction of sp³-hybridized carbons (Fsp3) is 0.167. The molecule has 0 radical (unpaired) electrons. The Morgan fingerprint density at radius 2 is 1.95 bits per heavy atom. The Kier molecular flexibility index (Phi) is 3.48. The lowest BCUT2D eigenvalue weighted by Gasteiger charge is -2.05. The van der Waals surface area contributed by atoms with Crippen molar-refractivity contribution in [1.82, 2.24) is 4.98 Å². The highest BCUT2D eigenvalue weighted by molar-refractivity contribution is 7.15. The van der Waals surface area contributed by atoms with Crippen molar-refractivity contribution in [2.24, 2.45) is 0 Å². The van der Waals surface area contributed by atoms with Gasteiger partial charge < -0.3 is 5.73 Å². The fourth-order valence-corrected chi connectivity index (χ4v) is 2.26. The third-order valence-corrected chi connectivity index (χ3v) is 3.57. The van der Waals surface area contributed by atoms with E-state index in [1.165, 1.54) is 11.3 Å². The molecule has 0 aliphatic heterocycles. The second-order valence-electron chi connectivity index (χ2n) is 3.97. The minimum absolute atomic E-state index is 0.121. The van der Waals surface area contributed by atoms with E-state index in [0.717, 1.165) is 22.7 Å². The average molecular weight is 283 g/mol. The fourth-order valence-electron chi connectivity index (χ4n) is 1.45. The Morgan fingerprint density at radius 1 is 1.32 bits per heavy atom. The molecule has 1 aromatic carbocycles. The quantitative estimate of drug-likeness (QED) is 0.833. The largest absolute Gasteiger partial charge is 0.398 e. The van der Waals surface area contributed by atoms with Gasteiger partial charge in [-0.15, -0.1) is 11.3 Å². The van der Waals surface area contributed by atoms with Crippen LogP contribution in [0.2, 0.25) is 0 Å². The first-order valence-electron chi connectivity index (χ1n) is 5.38. The molecule has 0 aliphatic carbocycles. The van der Waals surface area contributed by atoms with E-state index in [2.05, 4.69) is 10.3 Å². The molecule has 0 atom stereocenters. The van der Waals surface area contributed by atoms with Crippen LogP contribution in [0.1, 0.15) is 20.9 Å². The van der Waals surface area contributed by atoms with Crippen molar-refractivity contribution in [3.8, 4) is 0 Å². The first-order chi connectivity index (χ1) is 8.88. The van der Waals surface area contributed by atoms with Crippen molar-refractivity contribution >= 4 is 28.1 Å². The number of amides is 1. The lowest BCUT2D eigenvalue weighted by Crippen LogP contribution is -2.14. The number of anilines is 2. The number of aryl methyl sites for hydroxylation is 2. The standard InChI is InChI=1S/C12H11F2N3OS/c1-5-6(2)19-12(16-5)17-11(18)7-3-8(13)9(14)4-10(7)15/h3-4H,15H2,1-2H3,(H,16,17,18). The maximum atomic E-state index is 13.1. The minimum Gasteiger partial charge on any atom is -0.398 e. The van der Waals surface area contributed by atoms with Crippen molar-refractivity contribution in [2.75, 3.05) is 11.1 Å². The summed E-state index contributed by atoms with van der Waals surface area (Å²) < 4.78 is 26.0. The average Bonchev–Trinajstić information content (AvgIpc) is 2.62. The molecule has 4 nitrogen and oxygen atoms in total. The molecule has 1 amide bonds. The minimum atomic E-state index is -1.12. The predicted molar refractivity (Wildman–Crippen MR) is 70.3 cm³/mol. The molecule has 0 fully saturated rings. The van der Waals surface area contributed by atoms with Crippen LogP contribution < -0.4 is 11.1 Å². The highest BCUT2D eigenvalue weighted by atomic mass is 32.1. The normalized spacial score (nSPS) is 10.5. The first kappa shape index (κ1) is 13.4. The van der Waals surface area contributed by atoms with E-state index in [0.29, 0.717) is 5.13 Å². The van der Waals surface area contributed by atoms with E-state index >= 15 is 0 Å². The summed E-state index contributed by atoms with van der Waals surface area (Å²) in [6.07, 6.45) is 0. The lowest BCUT2D eigenvalue weighted by atomic mass is 10.1. The van der Waals surface area contributed by atoms with Gasteiger partial charge >= 0.3 is 0 Å².